The smallest absolute Gasteiger partial charge is 0.222 e. The number of fused-ring (bicyclic) bond motifs is 1. The van der Waals surface area contributed by atoms with Crippen LogP contribution in [-0.4, -0.2) is 20.8 Å². The molecule has 0 spiro atoms. The summed E-state index contributed by atoms with van der Waals surface area (Å²) in [4.78, 5) is 13.0. The minimum absolute atomic E-state index is 0.120. The maximum atomic E-state index is 13.2. The number of benzene rings is 1. The summed E-state index contributed by atoms with van der Waals surface area (Å²) in [6.45, 7) is 2.67. The molecule has 0 atom stereocenters. The average molecular weight is 289 g/mol. The minimum atomic E-state index is -0.299. The van der Waals surface area contributed by atoms with E-state index in [4.69, 9.17) is 0 Å². The Balaban J connectivity index is 2.01. The molecule has 102 valence electrons. The molecule has 0 saturated carbocycles. The van der Waals surface area contributed by atoms with Crippen LogP contribution in [0.4, 0.5) is 4.39 Å². The zero-order chi connectivity index (χ0) is 14.1. The van der Waals surface area contributed by atoms with Crippen molar-refractivity contribution < 1.29 is 9.18 Å². The van der Waals surface area contributed by atoms with Gasteiger partial charge in [-0.1, -0.05) is 12.1 Å². The Morgan fingerprint density at radius 2 is 2.25 bits per heavy atom. The molecule has 20 heavy (non-hydrogen) atoms. The molecular formula is C14H12FN3OS. The molecule has 0 radical (unpaired) electrons. The van der Waals surface area contributed by atoms with Crippen LogP contribution in [0.15, 0.2) is 30.5 Å². The van der Waals surface area contributed by atoms with Crippen molar-refractivity contribution in [3.05, 3.63) is 46.9 Å². The van der Waals surface area contributed by atoms with Crippen molar-refractivity contribution >= 4 is 27.2 Å². The number of rotatable bonds is 4. The van der Waals surface area contributed by atoms with E-state index in [2.05, 4.69) is 10.3 Å². The van der Waals surface area contributed by atoms with Gasteiger partial charge >= 0.3 is 0 Å². The molecule has 0 amide bonds. The predicted octanol–water partition coefficient (Wildman–Crippen LogP) is 3.27. The SMILES string of the molecule is CCCn1nncc1C(=O)c1cc2cc(F)ccc2s1. The largest absolute Gasteiger partial charge is 0.286 e. The van der Waals surface area contributed by atoms with Crippen molar-refractivity contribution in [1.29, 1.82) is 0 Å². The lowest BCUT2D eigenvalue weighted by Crippen LogP contribution is -2.10. The molecule has 3 aromatic rings. The van der Waals surface area contributed by atoms with Crippen molar-refractivity contribution in [2.75, 3.05) is 0 Å². The Morgan fingerprint density at radius 3 is 3.05 bits per heavy atom. The third-order valence-corrected chi connectivity index (χ3v) is 4.10. The number of carbonyl (C=O) groups excluding carboxylic acids is 1. The van der Waals surface area contributed by atoms with Crippen LogP contribution in [0.5, 0.6) is 0 Å². The molecule has 0 fully saturated rings. The van der Waals surface area contributed by atoms with E-state index in [0.717, 1.165) is 16.5 Å². The van der Waals surface area contributed by atoms with E-state index in [0.29, 0.717) is 17.1 Å². The number of aryl methyl sites for hydroxylation is 1. The highest BCUT2D eigenvalue weighted by molar-refractivity contribution is 7.21. The highest BCUT2D eigenvalue weighted by Crippen LogP contribution is 2.27. The second-order valence-electron chi connectivity index (χ2n) is 4.46. The fourth-order valence-electron chi connectivity index (χ4n) is 2.06. The Bertz CT molecular complexity index is 778. The molecule has 0 aliphatic heterocycles. The van der Waals surface area contributed by atoms with Gasteiger partial charge in [-0.25, -0.2) is 9.07 Å². The fraction of sp³-hybridized carbons (Fsp3) is 0.214. The highest BCUT2D eigenvalue weighted by atomic mass is 32.1. The number of ketones is 1. The van der Waals surface area contributed by atoms with Crippen LogP contribution in [0.25, 0.3) is 10.1 Å². The summed E-state index contributed by atoms with van der Waals surface area (Å²) in [6.07, 6.45) is 2.35. The van der Waals surface area contributed by atoms with E-state index in [-0.39, 0.29) is 11.6 Å². The number of halogens is 1. The average Bonchev–Trinajstić information content (AvgIpc) is 3.04. The molecule has 0 aliphatic rings. The van der Waals surface area contributed by atoms with Gasteiger partial charge in [0, 0.05) is 11.2 Å². The van der Waals surface area contributed by atoms with E-state index in [1.54, 1.807) is 16.8 Å². The van der Waals surface area contributed by atoms with Crippen LogP contribution < -0.4 is 0 Å². The van der Waals surface area contributed by atoms with Gasteiger partial charge in [-0.3, -0.25) is 4.79 Å². The molecule has 4 nitrogen and oxygen atoms in total. The van der Waals surface area contributed by atoms with Gasteiger partial charge in [0.25, 0.3) is 0 Å². The van der Waals surface area contributed by atoms with E-state index >= 15 is 0 Å². The van der Waals surface area contributed by atoms with Gasteiger partial charge < -0.3 is 0 Å². The van der Waals surface area contributed by atoms with Gasteiger partial charge in [0.1, 0.15) is 11.5 Å². The van der Waals surface area contributed by atoms with Gasteiger partial charge in [-0.2, -0.15) is 0 Å². The first-order valence-corrected chi connectivity index (χ1v) is 7.13. The first-order valence-electron chi connectivity index (χ1n) is 6.31. The molecule has 0 bridgehead atoms. The predicted molar refractivity (Wildman–Crippen MR) is 75.5 cm³/mol. The lowest BCUT2D eigenvalue weighted by molar-refractivity contribution is 0.103. The Kier molecular flexibility index (Phi) is 3.31. The van der Waals surface area contributed by atoms with E-state index in [1.165, 1.54) is 29.7 Å². The van der Waals surface area contributed by atoms with Crippen molar-refractivity contribution in [2.45, 2.75) is 19.9 Å². The molecule has 2 aromatic heterocycles. The first-order chi connectivity index (χ1) is 9.69. The summed E-state index contributed by atoms with van der Waals surface area (Å²) in [7, 11) is 0. The van der Waals surface area contributed by atoms with Gasteiger partial charge in [0.05, 0.1) is 11.1 Å². The highest BCUT2D eigenvalue weighted by Gasteiger charge is 2.17. The Hall–Kier alpha value is -2.08. The fourth-order valence-corrected chi connectivity index (χ4v) is 3.05. The van der Waals surface area contributed by atoms with Crippen LogP contribution in [0.2, 0.25) is 0 Å². The zero-order valence-electron chi connectivity index (χ0n) is 10.8. The van der Waals surface area contributed by atoms with Crippen molar-refractivity contribution in [2.24, 2.45) is 0 Å². The van der Waals surface area contributed by atoms with Crippen molar-refractivity contribution in [3.8, 4) is 0 Å². The Labute approximate surface area is 118 Å². The van der Waals surface area contributed by atoms with E-state index in [1.807, 2.05) is 6.92 Å². The summed E-state index contributed by atoms with van der Waals surface area (Å²) in [5.74, 6) is -0.419. The molecule has 0 aliphatic carbocycles. The number of hydrogen-bond acceptors (Lipinski definition) is 4. The van der Waals surface area contributed by atoms with E-state index in [9.17, 15) is 9.18 Å². The van der Waals surface area contributed by atoms with Gasteiger partial charge in [-0.15, -0.1) is 16.4 Å². The summed E-state index contributed by atoms with van der Waals surface area (Å²) >= 11 is 1.35. The van der Waals surface area contributed by atoms with Crippen LogP contribution >= 0.6 is 11.3 Å². The van der Waals surface area contributed by atoms with Crippen LogP contribution in [0, 0.1) is 5.82 Å². The van der Waals surface area contributed by atoms with Crippen LogP contribution in [0.1, 0.15) is 28.7 Å². The second kappa shape index (κ2) is 5.13. The molecular weight excluding hydrogens is 277 g/mol. The number of carbonyl (C=O) groups is 1. The lowest BCUT2D eigenvalue weighted by atomic mass is 10.2. The van der Waals surface area contributed by atoms with Crippen LogP contribution in [0.3, 0.4) is 0 Å². The quantitative estimate of drug-likeness (QED) is 0.693. The maximum Gasteiger partial charge on any atom is 0.222 e. The summed E-state index contributed by atoms with van der Waals surface area (Å²) in [5.41, 5.74) is 0.471. The molecule has 3 rings (SSSR count). The number of aromatic nitrogens is 3. The minimum Gasteiger partial charge on any atom is -0.286 e. The zero-order valence-corrected chi connectivity index (χ0v) is 11.7. The monoisotopic (exact) mass is 289 g/mol. The number of hydrogen-bond donors (Lipinski definition) is 0. The lowest BCUT2D eigenvalue weighted by Gasteiger charge is -2.01. The Morgan fingerprint density at radius 1 is 1.40 bits per heavy atom. The molecule has 0 saturated heterocycles. The first kappa shape index (κ1) is 12.9. The summed E-state index contributed by atoms with van der Waals surface area (Å²) in [6, 6.07) is 6.24. The standard InChI is InChI=1S/C14H12FN3OS/c1-2-5-18-11(8-16-17-18)14(19)13-7-9-6-10(15)3-4-12(9)20-13/h3-4,6-8H,2,5H2,1H3. The van der Waals surface area contributed by atoms with E-state index < -0.39 is 0 Å². The summed E-state index contributed by atoms with van der Waals surface area (Å²) < 4.78 is 15.7. The van der Waals surface area contributed by atoms with Gasteiger partial charge in [0.15, 0.2) is 0 Å². The third kappa shape index (κ3) is 2.22. The van der Waals surface area contributed by atoms with Crippen LogP contribution in [-0.2, 0) is 6.54 Å². The van der Waals surface area contributed by atoms with Gasteiger partial charge in [-0.05, 0) is 36.1 Å². The normalized spacial score (nSPS) is 11.1. The topological polar surface area (TPSA) is 47.8 Å². The molecule has 1 aromatic carbocycles. The molecule has 2 heterocycles. The number of thiophene rings is 1. The van der Waals surface area contributed by atoms with Crippen molar-refractivity contribution in [1.82, 2.24) is 15.0 Å². The molecule has 0 N–H and O–H groups in total. The third-order valence-electron chi connectivity index (χ3n) is 2.99. The number of nitrogens with zero attached hydrogens (tertiary/aromatic N) is 3. The van der Waals surface area contributed by atoms with Gasteiger partial charge in [0.2, 0.25) is 5.78 Å². The van der Waals surface area contributed by atoms with Crippen molar-refractivity contribution in [3.63, 3.8) is 0 Å². The molecule has 6 heteroatoms. The maximum absolute atomic E-state index is 13.2. The summed E-state index contributed by atoms with van der Waals surface area (Å²) in [5, 5.41) is 8.45. The molecule has 0 unspecified atom stereocenters. The second-order valence-corrected chi connectivity index (χ2v) is 5.55.